The first-order chi connectivity index (χ1) is 17.3. The summed E-state index contributed by atoms with van der Waals surface area (Å²) in [6, 6.07) is 10.5. The van der Waals surface area contributed by atoms with E-state index in [0.29, 0.717) is 25.1 Å². The van der Waals surface area contributed by atoms with Crippen molar-refractivity contribution in [1.82, 2.24) is 10.2 Å². The van der Waals surface area contributed by atoms with Crippen molar-refractivity contribution >= 4 is 11.8 Å². The molecule has 1 heterocycles. The minimum absolute atomic E-state index is 0.0913. The van der Waals surface area contributed by atoms with Gasteiger partial charge in [-0.25, -0.2) is 0 Å². The van der Waals surface area contributed by atoms with Crippen molar-refractivity contribution in [3.8, 4) is 0 Å². The van der Waals surface area contributed by atoms with E-state index in [1.807, 2.05) is 18.2 Å². The lowest BCUT2D eigenvalue weighted by Crippen LogP contribution is -2.46. The number of nitrogens with one attached hydrogen (secondary N) is 1. The predicted octanol–water partition coefficient (Wildman–Crippen LogP) is 5.71. The molecule has 2 amide bonds. The molecule has 0 saturated carbocycles. The predicted molar refractivity (Wildman–Crippen MR) is 123 cm³/mol. The van der Waals surface area contributed by atoms with Gasteiger partial charge in [0.2, 0.25) is 11.8 Å². The van der Waals surface area contributed by atoms with Crippen molar-refractivity contribution in [3.05, 3.63) is 70.8 Å². The van der Waals surface area contributed by atoms with E-state index in [1.54, 1.807) is 17.0 Å². The second-order valence-corrected chi connectivity index (χ2v) is 9.03. The Balaban J connectivity index is 1.83. The second-order valence-electron chi connectivity index (χ2n) is 9.03. The molecule has 5 nitrogen and oxygen atoms in total. The number of benzene rings is 2. The van der Waals surface area contributed by atoms with Crippen molar-refractivity contribution in [2.45, 2.75) is 57.2 Å². The van der Waals surface area contributed by atoms with Crippen LogP contribution in [0.4, 0.5) is 26.3 Å². The molecule has 1 aliphatic heterocycles. The van der Waals surface area contributed by atoms with E-state index in [9.17, 15) is 35.9 Å². The maximum absolute atomic E-state index is 13.3. The SMILES string of the molecule is CC(=O)NCCC(=O)N1CC[C@H](O[C@H](C)c2cc(C(F)(F)F)cc(C(F)(F)F)c2)[C@H](c2ccccc2)C1. The first kappa shape index (κ1) is 28.5. The Morgan fingerprint density at radius 2 is 1.62 bits per heavy atom. The average molecular weight is 531 g/mol. The molecule has 1 saturated heterocycles. The smallest absolute Gasteiger partial charge is 0.370 e. The Morgan fingerprint density at radius 1 is 1.03 bits per heavy atom. The molecule has 2 aromatic rings. The van der Waals surface area contributed by atoms with Gasteiger partial charge in [-0.1, -0.05) is 30.3 Å². The molecule has 0 bridgehead atoms. The van der Waals surface area contributed by atoms with E-state index in [-0.39, 0.29) is 48.9 Å². The topological polar surface area (TPSA) is 58.6 Å². The number of hydrogen-bond acceptors (Lipinski definition) is 3. The summed E-state index contributed by atoms with van der Waals surface area (Å²) in [5.41, 5.74) is -2.19. The van der Waals surface area contributed by atoms with Crippen LogP contribution in [0.3, 0.4) is 0 Å². The normalized spacial score (nSPS) is 19.4. The highest BCUT2D eigenvalue weighted by molar-refractivity contribution is 5.78. The molecule has 0 unspecified atom stereocenters. The largest absolute Gasteiger partial charge is 0.416 e. The molecule has 3 atom stereocenters. The fraction of sp³-hybridized carbons (Fsp3) is 0.462. The summed E-state index contributed by atoms with van der Waals surface area (Å²) in [6.45, 7) is 3.52. The lowest BCUT2D eigenvalue weighted by molar-refractivity contribution is -0.143. The maximum Gasteiger partial charge on any atom is 0.416 e. The van der Waals surface area contributed by atoms with E-state index in [4.69, 9.17) is 4.74 Å². The number of carbonyl (C=O) groups is 2. The molecular weight excluding hydrogens is 502 g/mol. The highest BCUT2D eigenvalue weighted by Gasteiger charge is 2.38. The Kier molecular flexibility index (Phi) is 8.88. The van der Waals surface area contributed by atoms with Crippen LogP contribution >= 0.6 is 0 Å². The van der Waals surface area contributed by atoms with Gasteiger partial charge >= 0.3 is 12.4 Å². The zero-order valence-electron chi connectivity index (χ0n) is 20.3. The fourth-order valence-electron chi connectivity index (χ4n) is 4.40. The monoisotopic (exact) mass is 530 g/mol. The number of rotatable bonds is 7. The minimum atomic E-state index is -4.95. The number of likely N-dealkylation sites (tertiary alicyclic amines) is 1. The summed E-state index contributed by atoms with van der Waals surface area (Å²) < 4.78 is 86.0. The molecule has 0 aromatic heterocycles. The van der Waals surface area contributed by atoms with Crippen molar-refractivity contribution in [2.75, 3.05) is 19.6 Å². The van der Waals surface area contributed by atoms with E-state index in [1.165, 1.54) is 13.8 Å². The van der Waals surface area contributed by atoms with Gasteiger partial charge in [-0.15, -0.1) is 0 Å². The number of halogens is 6. The average Bonchev–Trinajstić information content (AvgIpc) is 2.83. The number of carbonyl (C=O) groups excluding carboxylic acids is 2. The van der Waals surface area contributed by atoms with E-state index in [2.05, 4.69) is 5.32 Å². The van der Waals surface area contributed by atoms with E-state index in [0.717, 1.165) is 5.56 Å². The van der Waals surface area contributed by atoms with Crippen LogP contribution in [0.1, 0.15) is 61.0 Å². The van der Waals surface area contributed by atoms with Crippen LogP contribution in [0.25, 0.3) is 0 Å². The summed E-state index contributed by atoms with van der Waals surface area (Å²) in [7, 11) is 0. The van der Waals surface area contributed by atoms with Gasteiger partial charge in [0, 0.05) is 38.9 Å². The lowest BCUT2D eigenvalue weighted by Gasteiger charge is -2.40. The molecule has 3 rings (SSSR count). The summed E-state index contributed by atoms with van der Waals surface area (Å²) in [4.78, 5) is 25.4. The summed E-state index contributed by atoms with van der Waals surface area (Å²) in [5, 5.41) is 2.57. The summed E-state index contributed by atoms with van der Waals surface area (Å²) in [6.07, 6.45) is -11.1. The molecular formula is C26H28F6N2O3. The number of piperidine rings is 1. The minimum Gasteiger partial charge on any atom is -0.370 e. The van der Waals surface area contributed by atoms with Gasteiger partial charge in [-0.05, 0) is 42.7 Å². The van der Waals surface area contributed by atoms with Gasteiger partial charge in [0.25, 0.3) is 0 Å². The zero-order valence-corrected chi connectivity index (χ0v) is 20.3. The van der Waals surface area contributed by atoms with Gasteiger partial charge in [0.15, 0.2) is 0 Å². The van der Waals surface area contributed by atoms with Gasteiger partial charge < -0.3 is 15.0 Å². The highest BCUT2D eigenvalue weighted by Crippen LogP contribution is 2.39. The molecule has 1 fully saturated rings. The fourth-order valence-corrected chi connectivity index (χ4v) is 4.40. The van der Waals surface area contributed by atoms with Crippen molar-refractivity contribution in [3.63, 3.8) is 0 Å². The molecule has 202 valence electrons. The zero-order chi connectivity index (χ0) is 27.4. The lowest BCUT2D eigenvalue weighted by atomic mass is 9.87. The van der Waals surface area contributed by atoms with Crippen LogP contribution in [0.2, 0.25) is 0 Å². The molecule has 1 aliphatic rings. The number of ether oxygens (including phenoxy) is 1. The number of amides is 2. The Bertz CT molecular complexity index is 1060. The molecule has 37 heavy (non-hydrogen) atoms. The van der Waals surface area contributed by atoms with Gasteiger partial charge in [0.05, 0.1) is 23.3 Å². The summed E-state index contributed by atoms with van der Waals surface area (Å²) in [5.74, 6) is -0.775. The van der Waals surface area contributed by atoms with E-state index < -0.39 is 35.7 Å². The maximum atomic E-state index is 13.3. The van der Waals surface area contributed by atoms with Crippen LogP contribution in [0.5, 0.6) is 0 Å². The third-order valence-corrected chi connectivity index (χ3v) is 6.30. The molecule has 0 radical (unpaired) electrons. The number of alkyl halides is 6. The van der Waals surface area contributed by atoms with Gasteiger partial charge in [-0.3, -0.25) is 9.59 Å². The van der Waals surface area contributed by atoms with Crippen LogP contribution in [-0.2, 0) is 26.7 Å². The molecule has 0 spiro atoms. The number of nitrogens with zero attached hydrogens (tertiary/aromatic N) is 1. The van der Waals surface area contributed by atoms with Gasteiger partial charge in [-0.2, -0.15) is 26.3 Å². The first-order valence-electron chi connectivity index (χ1n) is 11.8. The molecule has 0 aliphatic carbocycles. The van der Waals surface area contributed by atoms with Crippen LogP contribution in [0.15, 0.2) is 48.5 Å². The Labute approximate surface area is 210 Å². The second kappa shape index (κ2) is 11.5. The molecule has 11 heteroatoms. The number of hydrogen-bond donors (Lipinski definition) is 1. The van der Waals surface area contributed by atoms with Crippen molar-refractivity contribution in [1.29, 1.82) is 0 Å². The molecule has 1 N–H and O–H groups in total. The van der Waals surface area contributed by atoms with Crippen molar-refractivity contribution < 1.29 is 40.7 Å². The standard InChI is InChI=1S/C26H28F6N2O3/c1-16(19-12-20(25(27,28)29)14-21(13-19)26(30,31)32)37-23-9-11-34(24(36)8-10-33-17(2)35)15-22(23)18-6-4-3-5-7-18/h3-7,12-14,16,22-23H,8-11,15H2,1-2H3,(H,33,35)/t16-,22+,23+/m1/s1. The van der Waals surface area contributed by atoms with Crippen LogP contribution in [-0.4, -0.2) is 42.5 Å². The highest BCUT2D eigenvalue weighted by atomic mass is 19.4. The van der Waals surface area contributed by atoms with E-state index >= 15 is 0 Å². The Hall–Kier alpha value is -3.08. The molecule has 2 aromatic carbocycles. The summed E-state index contributed by atoms with van der Waals surface area (Å²) >= 11 is 0. The van der Waals surface area contributed by atoms with Gasteiger partial charge in [0.1, 0.15) is 0 Å². The van der Waals surface area contributed by atoms with Crippen LogP contribution < -0.4 is 5.32 Å². The first-order valence-corrected chi connectivity index (χ1v) is 11.8. The van der Waals surface area contributed by atoms with Crippen LogP contribution in [0, 0.1) is 0 Å². The third-order valence-electron chi connectivity index (χ3n) is 6.30. The third kappa shape index (κ3) is 7.70. The Morgan fingerprint density at radius 3 is 2.16 bits per heavy atom. The quantitative estimate of drug-likeness (QED) is 0.467. The van der Waals surface area contributed by atoms with Crippen molar-refractivity contribution in [2.24, 2.45) is 0 Å².